The first-order valence-corrected chi connectivity index (χ1v) is 5.77. The number of imidazole rings is 1. The van der Waals surface area contributed by atoms with E-state index in [4.69, 9.17) is 5.73 Å². The summed E-state index contributed by atoms with van der Waals surface area (Å²) in [7, 11) is 0. The van der Waals surface area contributed by atoms with E-state index < -0.39 is 0 Å². The van der Waals surface area contributed by atoms with Gasteiger partial charge in [-0.2, -0.15) is 0 Å². The second-order valence-electron chi connectivity index (χ2n) is 3.42. The minimum Gasteiger partial charge on any atom is -0.333 e. The smallest absolute Gasteiger partial charge is 0.0948 e. The average molecular weight is 222 g/mol. The summed E-state index contributed by atoms with van der Waals surface area (Å²) in [6.45, 7) is 3.46. The number of thiazole rings is 1. The molecule has 5 heteroatoms. The lowest BCUT2D eigenvalue weighted by atomic mass is 10.4. The van der Waals surface area contributed by atoms with Crippen LogP contribution in [0.5, 0.6) is 0 Å². The Bertz CT molecular complexity index is 432. The van der Waals surface area contributed by atoms with Gasteiger partial charge < -0.3 is 10.3 Å². The Morgan fingerprint density at radius 3 is 3.07 bits per heavy atom. The highest BCUT2D eigenvalue weighted by molar-refractivity contribution is 7.09. The third-order valence-corrected chi connectivity index (χ3v) is 3.27. The molecule has 4 nitrogen and oxygen atoms in total. The van der Waals surface area contributed by atoms with Crippen molar-refractivity contribution in [2.75, 3.05) is 0 Å². The largest absolute Gasteiger partial charge is 0.333 e. The van der Waals surface area contributed by atoms with Crippen molar-refractivity contribution in [1.82, 2.24) is 14.5 Å². The zero-order valence-corrected chi connectivity index (χ0v) is 9.50. The van der Waals surface area contributed by atoms with Crippen LogP contribution in [0.3, 0.4) is 0 Å². The molecule has 0 spiro atoms. The van der Waals surface area contributed by atoms with Crippen molar-refractivity contribution in [1.29, 1.82) is 0 Å². The number of aromatic nitrogens is 3. The number of rotatable bonds is 4. The average Bonchev–Trinajstić information content (AvgIpc) is 2.83. The van der Waals surface area contributed by atoms with Gasteiger partial charge in [-0.25, -0.2) is 9.97 Å². The molecule has 0 bridgehead atoms. The van der Waals surface area contributed by atoms with E-state index in [-0.39, 0.29) is 0 Å². The third kappa shape index (κ3) is 2.43. The molecule has 2 heterocycles. The van der Waals surface area contributed by atoms with Crippen LogP contribution in [0.25, 0.3) is 0 Å². The molecule has 0 saturated heterocycles. The maximum Gasteiger partial charge on any atom is 0.0948 e. The van der Waals surface area contributed by atoms with Crippen LogP contribution < -0.4 is 5.73 Å². The first-order valence-electron chi connectivity index (χ1n) is 4.89. The Morgan fingerprint density at radius 2 is 2.40 bits per heavy atom. The highest BCUT2D eigenvalue weighted by Crippen LogP contribution is 2.10. The van der Waals surface area contributed by atoms with Crippen LogP contribution in [0, 0.1) is 6.92 Å². The van der Waals surface area contributed by atoms with Crippen molar-refractivity contribution in [3.8, 4) is 0 Å². The minimum absolute atomic E-state index is 0.539. The van der Waals surface area contributed by atoms with E-state index >= 15 is 0 Å². The first kappa shape index (κ1) is 10.3. The van der Waals surface area contributed by atoms with Gasteiger partial charge in [0.25, 0.3) is 0 Å². The summed E-state index contributed by atoms with van der Waals surface area (Å²) >= 11 is 1.71. The highest BCUT2D eigenvalue weighted by atomic mass is 32.1. The van der Waals surface area contributed by atoms with E-state index in [0.29, 0.717) is 6.54 Å². The Balaban J connectivity index is 1.98. The molecule has 80 valence electrons. The molecule has 0 aliphatic rings. The summed E-state index contributed by atoms with van der Waals surface area (Å²) < 4.78 is 2.08. The van der Waals surface area contributed by atoms with E-state index in [9.17, 15) is 0 Å². The number of nitrogens with zero attached hydrogens (tertiary/aromatic N) is 3. The predicted molar refractivity (Wildman–Crippen MR) is 60.7 cm³/mol. The number of hydrogen-bond donors (Lipinski definition) is 1. The van der Waals surface area contributed by atoms with Crippen molar-refractivity contribution in [3.63, 3.8) is 0 Å². The second kappa shape index (κ2) is 4.55. The number of nitrogens with two attached hydrogens (primary N) is 1. The Kier molecular flexibility index (Phi) is 3.13. The van der Waals surface area contributed by atoms with E-state index in [2.05, 4.69) is 19.9 Å². The SMILES string of the molecule is Cc1csc(CCn2cncc2CN)n1. The predicted octanol–water partition coefficient (Wildman–Crippen LogP) is 1.35. The van der Waals surface area contributed by atoms with Crippen molar-refractivity contribution in [2.45, 2.75) is 26.4 Å². The van der Waals surface area contributed by atoms with Gasteiger partial charge in [0.1, 0.15) is 0 Å². The molecule has 0 saturated carbocycles. The molecule has 0 aliphatic carbocycles. The van der Waals surface area contributed by atoms with E-state index in [1.54, 1.807) is 11.3 Å². The number of hydrogen-bond acceptors (Lipinski definition) is 4. The Morgan fingerprint density at radius 1 is 1.53 bits per heavy atom. The summed E-state index contributed by atoms with van der Waals surface area (Å²) in [6.07, 6.45) is 4.58. The van der Waals surface area contributed by atoms with Gasteiger partial charge in [0.05, 0.1) is 17.0 Å². The molecule has 0 unspecified atom stereocenters. The van der Waals surface area contributed by atoms with Crippen LogP contribution in [0.15, 0.2) is 17.9 Å². The van der Waals surface area contributed by atoms with Crippen LogP contribution in [-0.2, 0) is 19.5 Å². The number of aryl methyl sites for hydroxylation is 3. The van der Waals surface area contributed by atoms with Gasteiger partial charge in [-0.1, -0.05) is 0 Å². The molecule has 0 aromatic carbocycles. The van der Waals surface area contributed by atoms with Gasteiger partial charge >= 0.3 is 0 Å². The van der Waals surface area contributed by atoms with Crippen molar-refractivity contribution >= 4 is 11.3 Å². The second-order valence-corrected chi connectivity index (χ2v) is 4.36. The van der Waals surface area contributed by atoms with Gasteiger partial charge in [0.2, 0.25) is 0 Å². The fraction of sp³-hybridized carbons (Fsp3) is 0.400. The van der Waals surface area contributed by atoms with E-state index in [1.807, 2.05) is 19.4 Å². The maximum atomic E-state index is 5.59. The molecule has 2 aromatic heterocycles. The lowest BCUT2D eigenvalue weighted by Gasteiger charge is -2.04. The molecule has 15 heavy (non-hydrogen) atoms. The van der Waals surface area contributed by atoms with Crippen LogP contribution in [0.2, 0.25) is 0 Å². The van der Waals surface area contributed by atoms with Gasteiger partial charge in [0.15, 0.2) is 0 Å². The molecule has 0 aliphatic heterocycles. The lowest BCUT2D eigenvalue weighted by Crippen LogP contribution is -2.08. The van der Waals surface area contributed by atoms with Gasteiger partial charge in [-0.3, -0.25) is 0 Å². The third-order valence-electron chi connectivity index (χ3n) is 2.24. The maximum absolute atomic E-state index is 5.59. The zero-order valence-electron chi connectivity index (χ0n) is 8.68. The molecule has 0 radical (unpaired) electrons. The molecule has 0 atom stereocenters. The van der Waals surface area contributed by atoms with Crippen LogP contribution in [0.4, 0.5) is 0 Å². The van der Waals surface area contributed by atoms with Crippen LogP contribution in [0.1, 0.15) is 16.4 Å². The molecule has 2 N–H and O–H groups in total. The Hall–Kier alpha value is -1.20. The van der Waals surface area contributed by atoms with Crippen LogP contribution >= 0.6 is 11.3 Å². The fourth-order valence-electron chi connectivity index (χ4n) is 1.45. The molecule has 2 rings (SSSR count). The van der Waals surface area contributed by atoms with Crippen molar-refractivity contribution in [2.24, 2.45) is 5.73 Å². The van der Waals surface area contributed by atoms with Crippen LogP contribution in [-0.4, -0.2) is 14.5 Å². The van der Waals surface area contributed by atoms with Gasteiger partial charge in [0, 0.05) is 36.8 Å². The molecule has 0 amide bonds. The topological polar surface area (TPSA) is 56.7 Å². The highest BCUT2D eigenvalue weighted by Gasteiger charge is 2.02. The zero-order chi connectivity index (χ0) is 10.7. The molecular formula is C10H14N4S. The lowest BCUT2D eigenvalue weighted by molar-refractivity contribution is 0.658. The standard InChI is InChI=1S/C10H14N4S/c1-8-6-15-10(13-8)2-3-14-7-12-5-9(14)4-11/h5-7H,2-4,11H2,1H3. The molecule has 0 fully saturated rings. The summed E-state index contributed by atoms with van der Waals surface area (Å²) in [6, 6.07) is 0. The monoisotopic (exact) mass is 222 g/mol. The molecule has 2 aromatic rings. The quantitative estimate of drug-likeness (QED) is 0.849. The summed E-state index contributed by atoms with van der Waals surface area (Å²) in [4.78, 5) is 8.50. The first-order chi connectivity index (χ1) is 7.29. The van der Waals surface area contributed by atoms with Crippen molar-refractivity contribution < 1.29 is 0 Å². The summed E-state index contributed by atoms with van der Waals surface area (Å²) in [5.74, 6) is 0. The fourth-order valence-corrected chi connectivity index (χ4v) is 2.22. The Labute approximate surface area is 92.8 Å². The van der Waals surface area contributed by atoms with Gasteiger partial charge in [-0.05, 0) is 6.92 Å². The van der Waals surface area contributed by atoms with E-state index in [1.165, 1.54) is 5.01 Å². The van der Waals surface area contributed by atoms with E-state index in [0.717, 1.165) is 24.4 Å². The minimum atomic E-state index is 0.539. The normalized spacial score (nSPS) is 10.8. The van der Waals surface area contributed by atoms with Crippen molar-refractivity contribution in [3.05, 3.63) is 34.3 Å². The summed E-state index contributed by atoms with van der Waals surface area (Å²) in [5, 5.41) is 3.25. The van der Waals surface area contributed by atoms with Gasteiger partial charge in [-0.15, -0.1) is 11.3 Å². The summed E-state index contributed by atoms with van der Waals surface area (Å²) in [5.41, 5.74) is 7.76. The molecular weight excluding hydrogens is 208 g/mol.